The van der Waals surface area contributed by atoms with Gasteiger partial charge in [-0.25, -0.2) is 0 Å². The van der Waals surface area contributed by atoms with Crippen molar-refractivity contribution in [1.29, 1.82) is 0 Å². The van der Waals surface area contributed by atoms with E-state index >= 15 is 0 Å². The van der Waals surface area contributed by atoms with E-state index in [9.17, 15) is 10.1 Å². The first-order chi connectivity index (χ1) is 6.38. The topological polar surface area (TPSA) is 55.2 Å². The van der Waals surface area contributed by atoms with Gasteiger partial charge in [0, 0.05) is 23.4 Å². The van der Waals surface area contributed by atoms with Gasteiger partial charge in [0.25, 0.3) is 5.69 Å². The fourth-order valence-electron chi connectivity index (χ4n) is 1.13. The van der Waals surface area contributed by atoms with Gasteiger partial charge in [-0.05, 0) is 26.8 Å². The summed E-state index contributed by atoms with van der Waals surface area (Å²) in [5.41, 5.74) is 0.792. The molecule has 0 bridgehead atoms. The third kappa shape index (κ3) is 4.65. The maximum atomic E-state index is 10.5. The second-order valence-corrected chi connectivity index (χ2v) is 4.18. The molecule has 0 saturated heterocycles. The lowest BCUT2D eigenvalue weighted by Gasteiger charge is -2.21. The van der Waals surface area contributed by atoms with Crippen LogP contribution in [0.1, 0.15) is 20.8 Å². The molecule has 1 N–H and O–H groups in total. The Hall–Kier alpha value is -1.29. The lowest BCUT2D eigenvalue weighted by atomic mass is 10.1. The molecule has 0 aromatic heterocycles. The zero-order valence-electron chi connectivity index (χ0n) is 8.98. The number of hydrogen-bond acceptors (Lipinski definition) is 3. The number of nitrogens with one attached hydrogen (secondary N) is 1. The van der Waals surface area contributed by atoms with Crippen LogP contribution in [0.3, 0.4) is 0 Å². The van der Waals surface area contributed by atoms with Crippen molar-refractivity contribution in [3.05, 3.63) is 34.4 Å². The van der Waals surface area contributed by atoms with Crippen LogP contribution in [-0.4, -0.2) is 10.5 Å². The molecule has 0 aliphatic rings. The number of nitro benzene ring substituents is 1. The fourth-order valence-corrected chi connectivity index (χ4v) is 1.13. The molecular formula is C10H15ClN2O2. The highest BCUT2D eigenvalue weighted by molar-refractivity contribution is 5.85. The summed E-state index contributed by atoms with van der Waals surface area (Å²) in [5.74, 6) is 0. The predicted octanol–water partition coefficient (Wildman–Crippen LogP) is 3.23. The van der Waals surface area contributed by atoms with E-state index in [0.29, 0.717) is 0 Å². The van der Waals surface area contributed by atoms with E-state index < -0.39 is 4.92 Å². The van der Waals surface area contributed by atoms with Crippen LogP contribution >= 0.6 is 12.4 Å². The normalized spacial score (nSPS) is 10.3. The zero-order valence-corrected chi connectivity index (χ0v) is 9.80. The first-order valence-electron chi connectivity index (χ1n) is 4.41. The smallest absolute Gasteiger partial charge is 0.271 e. The number of halogens is 1. The predicted molar refractivity (Wildman–Crippen MR) is 63.7 cm³/mol. The summed E-state index contributed by atoms with van der Waals surface area (Å²) in [6.45, 7) is 6.02. The molecule has 15 heavy (non-hydrogen) atoms. The minimum absolute atomic E-state index is 0. The summed E-state index contributed by atoms with van der Waals surface area (Å²) in [5, 5.41) is 13.7. The molecule has 4 nitrogen and oxygen atoms in total. The second kappa shape index (κ2) is 4.98. The van der Waals surface area contributed by atoms with Crippen molar-refractivity contribution in [3.8, 4) is 0 Å². The number of benzene rings is 1. The number of nitrogens with zero attached hydrogens (tertiary/aromatic N) is 1. The van der Waals surface area contributed by atoms with Gasteiger partial charge < -0.3 is 5.32 Å². The quantitative estimate of drug-likeness (QED) is 0.627. The average Bonchev–Trinajstić information content (AvgIpc) is 2.01. The van der Waals surface area contributed by atoms with Gasteiger partial charge in [0.1, 0.15) is 0 Å². The maximum absolute atomic E-state index is 10.5. The van der Waals surface area contributed by atoms with Crippen molar-refractivity contribution in [2.24, 2.45) is 0 Å². The summed E-state index contributed by atoms with van der Waals surface area (Å²) in [6, 6.07) is 6.50. The Balaban J connectivity index is 0.00000196. The first-order valence-corrected chi connectivity index (χ1v) is 4.41. The molecule has 0 heterocycles. The number of anilines is 1. The largest absolute Gasteiger partial charge is 0.380 e. The third-order valence-electron chi connectivity index (χ3n) is 1.58. The van der Waals surface area contributed by atoms with E-state index in [0.717, 1.165) is 5.69 Å². The molecule has 0 radical (unpaired) electrons. The summed E-state index contributed by atoms with van der Waals surface area (Å²) in [7, 11) is 0. The molecule has 0 amide bonds. The van der Waals surface area contributed by atoms with E-state index in [1.807, 2.05) is 26.8 Å². The number of hydrogen-bond donors (Lipinski definition) is 1. The molecule has 0 spiro atoms. The Morgan fingerprint density at radius 3 is 2.40 bits per heavy atom. The Labute approximate surface area is 95.2 Å². The van der Waals surface area contributed by atoms with Gasteiger partial charge in [0.15, 0.2) is 0 Å². The summed E-state index contributed by atoms with van der Waals surface area (Å²) >= 11 is 0. The van der Waals surface area contributed by atoms with Gasteiger partial charge in [-0.2, -0.15) is 0 Å². The van der Waals surface area contributed by atoms with E-state index in [-0.39, 0.29) is 23.6 Å². The Kier molecular flexibility index (Phi) is 4.55. The Bertz CT molecular complexity index is 348. The van der Waals surface area contributed by atoms with Gasteiger partial charge in [0.2, 0.25) is 0 Å². The molecule has 0 unspecified atom stereocenters. The van der Waals surface area contributed by atoms with Crippen LogP contribution in [0.4, 0.5) is 11.4 Å². The van der Waals surface area contributed by atoms with Crippen LogP contribution in [-0.2, 0) is 0 Å². The van der Waals surface area contributed by atoms with E-state index in [2.05, 4.69) is 5.32 Å². The number of nitro groups is 1. The molecule has 1 aromatic carbocycles. The van der Waals surface area contributed by atoms with Crippen LogP contribution in [0, 0.1) is 10.1 Å². The van der Waals surface area contributed by atoms with Crippen LogP contribution < -0.4 is 5.32 Å². The van der Waals surface area contributed by atoms with Crippen LogP contribution in [0.5, 0.6) is 0 Å². The maximum Gasteiger partial charge on any atom is 0.271 e. The van der Waals surface area contributed by atoms with E-state index in [1.165, 1.54) is 12.1 Å². The molecule has 1 aromatic rings. The van der Waals surface area contributed by atoms with Crippen molar-refractivity contribution in [2.45, 2.75) is 26.3 Å². The van der Waals surface area contributed by atoms with Gasteiger partial charge >= 0.3 is 0 Å². The second-order valence-electron chi connectivity index (χ2n) is 4.18. The summed E-state index contributed by atoms with van der Waals surface area (Å²) in [6.07, 6.45) is 0. The van der Waals surface area contributed by atoms with E-state index in [1.54, 1.807) is 6.07 Å². The monoisotopic (exact) mass is 230 g/mol. The molecule has 84 valence electrons. The minimum Gasteiger partial charge on any atom is -0.380 e. The molecule has 0 atom stereocenters. The van der Waals surface area contributed by atoms with Crippen molar-refractivity contribution < 1.29 is 4.92 Å². The highest BCUT2D eigenvalue weighted by atomic mass is 35.5. The lowest BCUT2D eigenvalue weighted by Crippen LogP contribution is -2.25. The van der Waals surface area contributed by atoms with Crippen molar-refractivity contribution in [1.82, 2.24) is 0 Å². The van der Waals surface area contributed by atoms with Crippen LogP contribution in [0.2, 0.25) is 0 Å². The number of rotatable bonds is 2. The molecular weight excluding hydrogens is 216 g/mol. The standard InChI is InChI=1S/C10H14N2O2.ClH/c1-10(2,3)11-8-5-4-6-9(7-8)12(13)14;/h4-7,11H,1-3H3;1H. The van der Waals surface area contributed by atoms with Gasteiger partial charge in [-0.3, -0.25) is 10.1 Å². The zero-order chi connectivity index (χ0) is 10.8. The SMILES string of the molecule is CC(C)(C)Nc1cccc([N+](=O)[O-])c1.Cl. The van der Waals surface area contributed by atoms with Crippen molar-refractivity contribution in [2.75, 3.05) is 5.32 Å². The van der Waals surface area contributed by atoms with Crippen LogP contribution in [0.15, 0.2) is 24.3 Å². The fraction of sp³-hybridized carbons (Fsp3) is 0.400. The molecule has 0 fully saturated rings. The van der Waals surface area contributed by atoms with Gasteiger partial charge in [-0.1, -0.05) is 6.07 Å². The number of non-ortho nitro benzene ring substituents is 1. The molecule has 1 rings (SSSR count). The molecule has 5 heteroatoms. The van der Waals surface area contributed by atoms with E-state index in [4.69, 9.17) is 0 Å². The summed E-state index contributed by atoms with van der Waals surface area (Å²) < 4.78 is 0. The lowest BCUT2D eigenvalue weighted by molar-refractivity contribution is -0.384. The molecule has 0 aliphatic heterocycles. The first kappa shape index (κ1) is 13.7. The van der Waals surface area contributed by atoms with Crippen molar-refractivity contribution in [3.63, 3.8) is 0 Å². The highest BCUT2D eigenvalue weighted by Gasteiger charge is 2.11. The Morgan fingerprint density at radius 2 is 1.93 bits per heavy atom. The van der Waals surface area contributed by atoms with Crippen molar-refractivity contribution >= 4 is 23.8 Å². The third-order valence-corrected chi connectivity index (χ3v) is 1.58. The van der Waals surface area contributed by atoms with Crippen LogP contribution in [0.25, 0.3) is 0 Å². The minimum atomic E-state index is -0.395. The average molecular weight is 231 g/mol. The molecule has 0 aliphatic carbocycles. The Morgan fingerprint density at radius 1 is 1.33 bits per heavy atom. The highest BCUT2D eigenvalue weighted by Crippen LogP contribution is 2.20. The molecule has 0 saturated carbocycles. The summed E-state index contributed by atoms with van der Waals surface area (Å²) in [4.78, 5) is 10.1. The van der Waals surface area contributed by atoms with Gasteiger partial charge in [-0.15, -0.1) is 12.4 Å². The van der Waals surface area contributed by atoms with Gasteiger partial charge in [0.05, 0.1) is 4.92 Å².